The van der Waals surface area contributed by atoms with Crippen LogP contribution in [0.4, 0.5) is 5.69 Å². The minimum absolute atomic E-state index is 0. The Balaban J connectivity index is 0.00000225. The topological polar surface area (TPSA) is 32.8 Å². The van der Waals surface area contributed by atoms with Crippen molar-refractivity contribution in [3.8, 4) is 5.75 Å². The lowest BCUT2D eigenvalue weighted by Crippen LogP contribution is -2.47. The van der Waals surface area contributed by atoms with Gasteiger partial charge in [-0.1, -0.05) is 12.1 Å². The molecule has 2 heterocycles. The van der Waals surface area contributed by atoms with Crippen LogP contribution in [0.2, 0.25) is 0 Å². The molecule has 136 valence electrons. The molecule has 0 amide bonds. The Labute approximate surface area is 159 Å². The van der Waals surface area contributed by atoms with Crippen LogP contribution in [-0.4, -0.2) is 50.5 Å². The van der Waals surface area contributed by atoms with Gasteiger partial charge in [0, 0.05) is 44.0 Å². The van der Waals surface area contributed by atoms with Crippen molar-refractivity contribution in [3.05, 3.63) is 46.2 Å². The summed E-state index contributed by atoms with van der Waals surface area (Å²) >= 11 is 1.59. The maximum atomic E-state index is 12.2. The molecule has 1 aliphatic heterocycles. The van der Waals surface area contributed by atoms with Crippen molar-refractivity contribution < 1.29 is 9.53 Å². The largest absolute Gasteiger partial charge is 0.495 e. The Bertz CT molecular complexity index is 696. The third-order valence-electron chi connectivity index (χ3n) is 4.47. The van der Waals surface area contributed by atoms with Gasteiger partial charge in [0.15, 0.2) is 5.78 Å². The van der Waals surface area contributed by atoms with Crippen molar-refractivity contribution >= 4 is 35.2 Å². The molecule has 1 fully saturated rings. The molecule has 0 spiro atoms. The second-order valence-corrected chi connectivity index (χ2v) is 7.37. The molecule has 1 saturated heterocycles. The summed E-state index contributed by atoms with van der Waals surface area (Å²) < 4.78 is 5.46. The standard InChI is InChI=1S/C19H24N2O2S.ClH/c1-15-7-8-19(24-15)17(22)9-10-20-11-13-21(14-12-20)16-5-3-4-6-18(16)23-2;/h3-8H,9-14H2,1-2H3;1H. The fourth-order valence-corrected chi connectivity index (χ4v) is 3.91. The lowest BCUT2D eigenvalue weighted by molar-refractivity contribution is 0.0966. The first-order valence-corrected chi connectivity index (χ1v) is 9.19. The number of halogens is 1. The van der Waals surface area contributed by atoms with Crippen LogP contribution in [0.3, 0.4) is 0 Å². The number of para-hydroxylation sites is 2. The molecule has 0 bridgehead atoms. The Hall–Kier alpha value is -1.56. The number of aryl methyl sites for hydroxylation is 1. The van der Waals surface area contributed by atoms with Crippen LogP contribution in [0.15, 0.2) is 36.4 Å². The van der Waals surface area contributed by atoms with E-state index in [0.29, 0.717) is 6.42 Å². The number of carbonyl (C=O) groups excluding carboxylic acids is 1. The fourth-order valence-electron chi connectivity index (χ4n) is 3.07. The highest BCUT2D eigenvalue weighted by molar-refractivity contribution is 7.14. The highest BCUT2D eigenvalue weighted by Crippen LogP contribution is 2.28. The molecule has 0 radical (unpaired) electrons. The van der Waals surface area contributed by atoms with Crippen LogP contribution in [-0.2, 0) is 0 Å². The summed E-state index contributed by atoms with van der Waals surface area (Å²) in [6, 6.07) is 12.1. The smallest absolute Gasteiger partial charge is 0.174 e. The molecule has 0 aliphatic carbocycles. The average molecular weight is 381 g/mol. The van der Waals surface area contributed by atoms with Gasteiger partial charge in [0.25, 0.3) is 0 Å². The molecule has 0 saturated carbocycles. The zero-order chi connectivity index (χ0) is 16.9. The van der Waals surface area contributed by atoms with E-state index in [4.69, 9.17) is 4.74 Å². The minimum Gasteiger partial charge on any atom is -0.495 e. The molecule has 0 unspecified atom stereocenters. The third-order valence-corrected chi connectivity index (χ3v) is 5.51. The summed E-state index contributed by atoms with van der Waals surface area (Å²) in [4.78, 5) is 19.1. The average Bonchev–Trinajstić information content (AvgIpc) is 3.06. The molecule has 0 atom stereocenters. The molecule has 1 aliphatic rings. The van der Waals surface area contributed by atoms with Crippen LogP contribution in [0.5, 0.6) is 5.75 Å². The fraction of sp³-hybridized carbons (Fsp3) is 0.421. The zero-order valence-corrected chi connectivity index (χ0v) is 16.4. The van der Waals surface area contributed by atoms with Crippen molar-refractivity contribution in [1.82, 2.24) is 4.90 Å². The quantitative estimate of drug-likeness (QED) is 0.712. The number of carbonyl (C=O) groups is 1. The van der Waals surface area contributed by atoms with Gasteiger partial charge in [-0.15, -0.1) is 23.7 Å². The SMILES string of the molecule is COc1ccccc1N1CCN(CCC(=O)c2ccc(C)s2)CC1.Cl. The number of methoxy groups -OCH3 is 1. The van der Waals surface area contributed by atoms with Crippen molar-refractivity contribution in [2.75, 3.05) is 44.7 Å². The number of ether oxygens (including phenoxy) is 1. The number of nitrogens with zero attached hydrogens (tertiary/aromatic N) is 2. The highest BCUT2D eigenvalue weighted by atomic mass is 35.5. The van der Waals surface area contributed by atoms with Gasteiger partial charge < -0.3 is 9.64 Å². The number of Topliss-reactive ketones (excluding diaryl/α,β-unsaturated/α-hetero) is 1. The maximum absolute atomic E-state index is 12.2. The number of hydrogen-bond donors (Lipinski definition) is 0. The van der Waals surface area contributed by atoms with E-state index in [1.165, 1.54) is 4.88 Å². The molecule has 6 heteroatoms. The van der Waals surface area contributed by atoms with Crippen LogP contribution in [0, 0.1) is 6.92 Å². The molecule has 1 aromatic carbocycles. The van der Waals surface area contributed by atoms with Crippen molar-refractivity contribution in [2.24, 2.45) is 0 Å². The second kappa shape index (κ2) is 9.22. The summed E-state index contributed by atoms with van der Waals surface area (Å²) in [6.45, 7) is 6.77. The van der Waals surface area contributed by atoms with E-state index < -0.39 is 0 Å². The van der Waals surface area contributed by atoms with E-state index in [2.05, 4.69) is 15.9 Å². The maximum Gasteiger partial charge on any atom is 0.174 e. The van der Waals surface area contributed by atoms with E-state index in [9.17, 15) is 4.79 Å². The summed E-state index contributed by atoms with van der Waals surface area (Å²) in [5.41, 5.74) is 1.16. The van der Waals surface area contributed by atoms with Gasteiger partial charge in [-0.3, -0.25) is 9.69 Å². The molecule has 3 rings (SSSR count). The number of rotatable bonds is 6. The van der Waals surface area contributed by atoms with Gasteiger partial charge >= 0.3 is 0 Å². The number of anilines is 1. The second-order valence-electron chi connectivity index (χ2n) is 6.08. The normalized spacial score (nSPS) is 14.9. The lowest BCUT2D eigenvalue weighted by atomic mass is 10.2. The van der Waals surface area contributed by atoms with Crippen LogP contribution >= 0.6 is 23.7 Å². The van der Waals surface area contributed by atoms with E-state index in [1.54, 1.807) is 18.4 Å². The van der Waals surface area contributed by atoms with Gasteiger partial charge in [0.05, 0.1) is 17.7 Å². The summed E-state index contributed by atoms with van der Waals surface area (Å²) in [5, 5.41) is 0. The van der Waals surface area contributed by atoms with E-state index in [-0.39, 0.29) is 18.2 Å². The van der Waals surface area contributed by atoms with E-state index >= 15 is 0 Å². The molecule has 1 aromatic heterocycles. The number of hydrogen-bond acceptors (Lipinski definition) is 5. The third kappa shape index (κ3) is 4.97. The lowest BCUT2D eigenvalue weighted by Gasteiger charge is -2.36. The first-order valence-electron chi connectivity index (χ1n) is 8.37. The highest BCUT2D eigenvalue weighted by Gasteiger charge is 2.20. The van der Waals surface area contributed by atoms with Crippen molar-refractivity contribution in [2.45, 2.75) is 13.3 Å². The number of thiophene rings is 1. The molecule has 25 heavy (non-hydrogen) atoms. The number of benzene rings is 1. The van der Waals surface area contributed by atoms with Crippen molar-refractivity contribution in [1.29, 1.82) is 0 Å². The first-order chi connectivity index (χ1) is 11.7. The molecular weight excluding hydrogens is 356 g/mol. The van der Waals surface area contributed by atoms with Gasteiger partial charge in [-0.2, -0.15) is 0 Å². The van der Waals surface area contributed by atoms with Crippen LogP contribution < -0.4 is 9.64 Å². The zero-order valence-electron chi connectivity index (χ0n) is 14.7. The van der Waals surface area contributed by atoms with E-state index in [1.807, 2.05) is 37.3 Å². The Morgan fingerprint density at radius 1 is 1.12 bits per heavy atom. The van der Waals surface area contributed by atoms with E-state index in [0.717, 1.165) is 49.0 Å². The predicted molar refractivity (Wildman–Crippen MR) is 107 cm³/mol. The van der Waals surface area contributed by atoms with Gasteiger partial charge in [-0.25, -0.2) is 0 Å². The Kier molecular flexibility index (Phi) is 7.29. The van der Waals surface area contributed by atoms with Crippen LogP contribution in [0.1, 0.15) is 21.0 Å². The number of ketones is 1. The van der Waals surface area contributed by atoms with Crippen molar-refractivity contribution in [3.63, 3.8) is 0 Å². The first kappa shape index (κ1) is 19.8. The summed E-state index contributed by atoms with van der Waals surface area (Å²) in [6.07, 6.45) is 0.606. The Morgan fingerprint density at radius 2 is 1.84 bits per heavy atom. The van der Waals surface area contributed by atoms with Gasteiger partial charge in [0.2, 0.25) is 0 Å². The number of piperazine rings is 1. The Morgan fingerprint density at radius 3 is 2.48 bits per heavy atom. The predicted octanol–water partition coefficient (Wildman–Crippen LogP) is 3.88. The molecule has 4 nitrogen and oxygen atoms in total. The molecule has 2 aromatic rings. The summed E-state index contributed by atoms with van der Waals surface area (Å²) in [5.74, 6) is 1.19. The minimum atomic E-state index is 0. The molecule has 0 N–H and O–H groups in total. The molecular formula is C19H25ClN2O2S. The van der Waals surface area contributed by atoms with Gasteiger partial charge in [0.1, 0.15) is 5.75 Å². The summed E-state index contributed by atoms with van der Waals surface area (Å²) in [7, 11) is 1.72. The van der Waals surface area contributed by atoms with Crippen LogP contribution in [0.25, 0.3) is 0 Å². The monoisotopic (exact) mass is 380 g/mol. The van der Waals surface area contributed by atoms with Gasteiger partial charge in [-0.05, 0) is 31.2 Å².